The summed E-state index contributed by atoms with van der Waals surface area (Å²) in [6.07, 6.45) is 2.22. The van der Waals surface area contributed by atoms with Gasteiger partial charge in [-0.25, -0.2) is 0 Å². The molecule has 1 heterocycles. The van der Waals surface area contributed by atoms with Crippen LogP contribution in [0.3, 0.4) is 0 Å². The van der Waals surface area contributed by atoms with E-state index in [4.69, 9.17) is 11.6 Å². The van der Waals surface area contributed by atoms with Gasteiger partial charge in [0.15, 0.2) is 0 Å². The van der Waals surface area contributed by atoms with Gasteiger partial charge in [0.1, 0.15) is 5.75 Å². The van der Waals surface area contributed by atoms with E-state index in [0.29, 0.717) is 5.75 Å². The highest BCUT2D eigenvalue weighted by Crippen LogP contribution is 2.41. The maximum absolute atomic E-state index is 10.5. The SMILES string of the molecule is Oc1ccc2ccccc2c1C1CCCN1Cc1cccc(Cl)c1. The molecule has 0 aliphatic carbocycles. The van der Waals surface area contributed by atoms with E-state index in [2.05, 4.69) is 23.1 Å². The third-order valence-corrected chi connectivity index (χ3v) is 5.15. The van der Waals surface area contributed by atoms with Crippen molar-refractivity contribution in [2.24, 2.45) is 0 Å². The molecule has 1 aliphatic rings. The summed E-state index contributed by atoms with van der Waals surface area (Å²) in [5.41, 5.74) is 2.28. The molecule has 0 radical (unpaired) electrons. The number of rotatable bonds is 3. The molecule has 3 heteroatoms. The normalized spacial score (nSPS) is 18.3. The first kappa shape index (κ1) is 15.5. The molecule has 1 atom stereocenters. The molecule has 0 saturated carbocycles. The highest BCUT2D eigenvalue weighted by molar-refractivity contribution is 6.30. The summed E-state index contributed by atoms with van der Waals surface area (Å²) >= 11 is 6.13. The maximum Gasteiger partial charge on any atom is 0.121 e. The van der Waals surface area contributed by atoms with Gasteiger partial charge in [0.2, 0.25) is 0 Å². The van der Waals surface area contributed by atoms with Crippen LogP contribution in [0.5, 0.6) is 5.75 Å². The van der Waals surface area contributed by atoms with E-state index in [-0.39, 0.29) is 6.04 Å². The van der Waals surface area contributed by atoms with Crippen LogP contribution < -0.4 is 0 Å². The molecule has 2 nitrogen and oxygen atoms in total. The van der Waals surface area contributed by atoms with Gasteiger partial charge in [0, 0.05) is 23.2 Å². The van der Waals surface area contributed by atoms with Gasteiger partial charge in [-0.05, 0) is 53.9 Å². The van der Waals surface area contributed by atoms with Gasteiger partial charge in [-0.1, -0.05) is 54.1 Å². The lowest BCUT2D eigenvalue weighted by atomic mass is 9.96. The van der Waals surface area contributed by atoms with Crippen molar-refractivity contribution in [2.75, 3.05) is 6.54 Å². The topological polar surface area (TPSA) is 23.5 Å². The Bertz CT molecular complexity index is 877. The number of likely N-dealkylation sites (tertiary alicyclic amines) is 1. The number of nitrogens with zero attached hydrogens (tertiary/aromatic N) is 1. The van der Waals surface area contributed by atoms with Crippen molar-refractivity contribution >= 4 is 22.4 Å². The summed E-state index contributed by atoms with van der Waals surface area (Å²) in [6, 6.07) is 20.4. The van der Waals surface area contributed by atoms with Gasteiger partial charge in [0.05, 0.1) is 0 Å². The molecule has 1 aliphatic heterocycles. The van der Waals surface area contributed by atoms with Crippen LogP contribution in [0.4, 0.5) is 0 Å². The van der Waals surface area contributed by atoms with Crippen LogP contribution in [-0.2, 0) is 6.54 Å². The molecule has 0 bridgehead atoms. The van der Waals surface area contributed by atoms with Crippen molar-refractivity contribution in [2.45, 2.75) is 25.4 Å². The first-order valence-corrected chi connectivity index (χ1v) is 8.79. The zero-order valence-corrected chi connectivity index (χ0v) is 14.2. The van der Waals surface area contributed by atoms with Gasteiger partial charge in [-0.15, -0.1) is 0 Å². The second-order valence-corrected chi connectivity index (χ2v) is 6.91. The molecule has 3 aromatic carbocycles. The Balaban J connectivity index is 1.72. The Hall–Kier alpha value is -2.03. The van der Waals surface area contributed by atoms with Crippen molar-refractivity contribution in [3.63, 3.8) is 0 Å². The predicted octanol–water partition coefficient (Wildman–Crippen LogP) is 5.54. The van der Waals surface area contributed by atoms with Gasteiger partial charge >= 0.3 is 0 Å². The van der Waals surface area contributed by atoms with Crippen molar-refractivity contribution in [1.29, 1.82) is 0 Å². The van der Waals surface area contributed by atoms with Crippen molar-refractivity contribution in [3.05, 3.63) is 76.8 Å². The van der Waals surface area contributed by atoms with Crippen molar-refractivity contribution < 1.29 is 5.11 Å². The molecule has 0 spiro atoms. The smallest absolute Gasteiger partial charge is 0.121 e. The number of fused-ring (bicyclic) bond motifs is 1. The molecule has 3 aromatic rings. The quantitative estimate of drug-likeness (QED) is 0.678. The zero-order valence-electron chi connectivity index (χ0n) is 13.5. The number of hydrogen-bond acceptors (Lipinski definition) is 2. The highest BCUT2D eigenvalue weighted by atomic mass is 35.5. The molecule has 0 amide bonds. The molecular formula is C21H20ClNO. The Labute approximate surface area is 147 Å². The van der Waals surface area contributed by atoms with Crippen LogP contribution in [0.15, 0.2) is 60.7 Å². The first-order valence-electron chi connectivity index (χ1n) is 8.41. The number of aromatic hydroxyl groups is 1. The van der Waals surface area contributed by atoms with E-state index in [1.54, 1.807) is 0 Å². The molecule has 0 aromatic heterocycles. The van der Waals surface area contributed by atoms with Gasteiger partial charge in [-0.3, -0.25) is 4.90 Å². The average Bonchev–Trinajstić information content (AvgIpc) is 3.02. The average molecular weight is 338 g/mol. The van der Waals surface area contributed by atoms with Gasteiger partial charge in [0.25, 0.3) is 0 Å². The Kier molecular flexibility index (Phi) is 4.17. The Morgan fingerprint density at radius 3 is 2.79 bits per heavy atom. The van der Waals surface area contributed by atoms with E-state index >= 15 is 0 Å². The monoisotopic (exact) mass is 337 g/mol. The highest BCUT2D eigenvalue weighted by Gasteiger charge is 2.29. The second-order valence-electron chi connectivity index (χ2n) is 6.48. The van der Waals surface area contributed by atoms with Crippen LogP contribution in [0.25, 0.3) is 10.8 Å². The largest absolute Gasteiger partial charge is 0.508 e. The number of phenols is 1. The second kappa shape index (κ2) is 6.46. The zero-order chi connectivity index (χ0) is 16.5. The minimum Gasteiger partial charge on any atom is -0.508 e. The Morgan fingerprint density at radius 1 is 1.04 bits per heavy atom. The van der Waals surface area contributed by atoms with Crippen LogP contribution in [0.2, 0.25) is 5.02 Å². The minimum atomic E-state index is 0.245. The summed E-state index contributed by atoms with van der Waals surface area (Å²) in [5, 5.41) is 13.7. The Morgan fingerprint density at radius 2 is 1.92 bits per heavy atom. The molecule has 1 unspecified atom stereocenters. The van der Waals surface area contributed by atoms with Crippen molar-refractivity contribution in [3.8, 4) is 5.75 Å². The standard InChI is InChI=1S/C21H20ClNO/c22-17-7-3-5-15(13-17)14-23-12-4-9-19(23)21-18-8-2-1-6-16(18)10-11-20(21)24/h1-3,5-8,10-11,13,19,24H,4,9,12,14H2. The fraction of sp³-hybridized carbons (Fsp3) is 0.238. The van der Waals surface area contributed by atoms with E-state index in [0.717, 1.165) is 41.9 Å². The molecule has 122 valence electrons. The fourth-order valence-electron chi connectivity index (χ4n) is 3.85. The van der Waals surface area contributed by atoms with Gasteiger partial charge < -0.3 is 5.11 Å². The summed E-state index contributed by atoms with van der Waals surface area (Å²) in [7, 11) is 0. The van der Waals surface area contributed by atoms with E-state index < -0.39 is 0 Å². The van der Waals surface area contributed by atoms with Gasteiger partial charge in [-0.2, -0.15) is 0 Å². The molecular weight excluding hydrogens is 318 g/mol. The minimum absolute atomic E-state index is 0.245. The maximum atomic E-state index is 10.5. The van der Waals surface area contributed by atoms with E-state index in [1.165, 1.54) is 10.9 Å². The van der Waals surface area contributed by atoms with Crippen LogP contribution in [0.1, 0.15) is 30.0 Å². The third kappa shape index (κ3) is 2.88. The summed E-state index contributed by atoms with van der Waals surface area (Å²) < 4.78 is 0. The predicted molar refractivity (Wildman–Crippen MR) is 99.4 cm³/mol. The molecule has 1 saturated heterocycles. The fourth-order valence-corrected chi connectivity index (χ4v) is 4.06. The molecule has 24 heavy (non-hydrogen) atoms. The van der Waals surface area contributed by atoms with Crippen molar-refractivity contribution in [1.82, 2.24) is 4.90 Å². The molecule has 1 N–H and O–H groups in total. The molecule has 1 fully saturated rings. The summed E-state index contributed by atoms with van der Waals surface area (Å²) in [5.74, 6) is 0.400. The molecule has 4 rings (SSSR count). The van der Waals surface area contributed by atoms with Crippen LogP contribution in [-0.4, -0.2) is 16.6 Å². The lowest BCUT2D eigenvalue weighted by molar-refractivity contribution is 0.245. The lowest BCUT2D eigenvalue weighted by Crippen LogP contribution is -2.23. The lowest BCUT2D eigenvalue weighted by Gasteiger charge is -2.26. The van der Waals surface area contributed by atoms with Crippen LogP contribution >= 0.6 is 11.6 Å². The first-order chi connectivity index (χ1) is 11.7. The van der Waals surface area contributed by atoms with E-state index in [9.17, 15) is 5.11 Å². The number of benzene rings is 3. The summed E-state index contributed by atoms with van der Waals surface area (Å²) in [4.78, 5) is 2.45. The third-order valence-electron chi connectivity index (χ3n) is 4.92. The van der Waals surface area contributed by atoms with Crippen LogP contribution in [0, 0.1) is 0 Å². The number of phenolic OH excluding ortho intramolecular Hbond substituents is 1. The van der Waals surface area contributed by atoms with E-state index in [1.807, 2.05) is 42.5 Å². The number of halogens is 1. The number of hydrogen-bond donors (Lipinski definition) is 1. The summed E-state index contributed by atoms with van der Waals surface area (Å²) in [6.45, 7) is 1.90.